The third-order valence-electron chi connectivity index (χ3n) is 5.17. The number of nitrogens with zero attached hydrogens (tertiary/aromatic N) is 2. The van der Waals surface area contributed by atoms with Crippen LogP contribution in [0.3, 0.4) is 0 Å². The maximum absolute atomic E-state index is 12.8. The van der Waals surface area contributed by atoms with Crippen LogP contribution < -0.4 is 10.1 Å². The summed E-state index contributed by atoms with van der Waals surface area (Å²) in [5.41, 5.74) is 1.05. The Balaban J connectivity index is 1.87. The van der Waals surface area contributed by atoms with Crippen LogP contribution in [0.2, 0.25) is 0 Å². The van der Waals surface area contributed by atoms with Crippen LogP contribution in [-0.4, -0.2) is 64.7 Å². The van der Waals surface area contributed by atoms with Crippen molar-refractivity contribution in [3.8, 4) is 5.75 Å². The van der Waals surface area contributed by atoms with Crippen LogP contribution >= 0.6 is 0 Å². The zero-order chi connectivity index (χ0) is 20.7. The standard InChI is InChI=1S/C21H33N3O4/c1-5-23(14-20(25)26)18-11-17(12-18)22-21(27)24(15(3)4)13-16-7-9-19(10-8-16)28-6-2/h7-10,15,17-18H,5-6,11-14H2,1-4H3,(H,22,27)(H,25,26). The van der Waals surface area contributed by atoms with E-state index in [0.29, 0.717) is 19.7 Å². The van der Waals surface area contributed by atoms with E-state index in [2.05, 4.69) is 5.32 Å². The van der Waals surface area contributed by atoms with E-state index in [4.69, 9.17) is 9.84 Å². The van der Waals surface area contributed by atoms with Gasteiger partial charge >= 0.3 is 12.0 Å². The molecule has 0 atom stereocenters. The Morgan fingerprint density at radius 1 is 1.21 bits per heavy atom. The average Bonchev–Trinajstić information content (AvgIpc) is 2.61. The fourth-order valence-electron chi connectivity index (χ4n) is 3.48. The monoisotopic (exact) mass is 391 g/mol. The van der Waals surface area contributed by atoms with Gasteiger partial charge in [0.1, 0.15) is 5.75 Å². The molecule has 156 valence electrons. The zero-order valence-electron chi connectivity index (χ0n) is 17.4. The van der Waals surface area contributed by atoms with Crippen LogP contribution in [0.15, 0.2) is 24.3 Å². The van der Waals surface area contributed by atoms with Crippen molar-refractivity contribution in [1.82, 2.24) is 15.1 Å². The summed E-state index contributed by atoms with van der Waals surface area (Å²) in [7, 11) is 0. The second kappa shape index (κ2) is 10.3. The maximum Gasteiger partial charge on any atom is 0.318 e. The number of carbonyl (C=O) groups excluding carboxylic acids is 1. The van der Waals surface area contributed by atoms with Gasteiger partial charge in [0.2, 0.25) is 0 Å². The molecule has 1 aromatic carbocycles. The van der Waals surface area contributed by atoms with Crippen molar-refractivity contribution in [3.05, 3.63) is 29.8 Å². The normalized spacial score (nSPS) is 18.6. The summed E-state index contributed by atoms with van der Waals surface area (Å²) in [6, 6.07) is 8.14. The minimum atomic E-state index is -0.810. The molecule has 7 heteroatoms. The van der Waals surface area contributed by atoms with Crippen molar-refractivity contribution in [1.29, 1.82) is 0 Å². The highest BCUT2D eigenvalue weighted by molar-refractivity contribution is 5.75. The fourth-order valence-corrected chi connectivity index (χ4v) is 3.48. The second-order valence-corrected chi connectivity index (χ2v) is 7.53. The van der Waals surface area contributed by atoms with Gasteiger partial charge in [0.05, 0.1) is 13.2 Å². The number of carboxylic acids is 1. The molecule has 2 amide bonds. The largest absolute Gasteiger partial charge is 0.494 e. The third-order valence-corrected chi connectivity index (χ3v) is 5.17. The molecule has 0 aliphatic heterocycles. The van der Waals surface area contributed by atoms with Crippen LogP contribution in [0.1, 0.15) is 46.1 Å². The van der Waals surface area contributed by atoms with Gasteiger partial charge in [0.15, 0.2) is 0 Å². The van der Waals surface area contributed by atoms with Crippen LogP contribution in [-0.2, 0) is 11.3 Å². The maximum atomic E-state index is 12.8. The summed E-state index contributed by atoms with van der Waals surface area (Å²) in [5, 5.41) is 12.1. The lowest BCUT2D eigenvalue weighted by Gasteiger charge is -2.43. The minimum Gasteiger partial charge on any atom is -0.494 e. The minimum absolute atomic E-state index is 0.0533. The first-order chi connectivity index (χ1) is 13.3. The lowest BCUT2D eigenvalue weighted by atomic mass is 9.85. The number of carboxylic acid groups (broad SMARTS) is 1. The molecule has 0 unspecified atom stereocenters. The number of urea groups is 1. The highest BCUT2D eigenvalue weighted by atomic mass is 16.5. The molecule has 2 rings (SSSR count). The number of benzene rings is 1. The molecule has 0 radical (unpaired) electrons. The lowest BCUT2D eigenvalue weighted by molar-refractivity contribution is -0.139. The first-order valence-electron chi connectivity index (χ1n) is 10.1. The van der Waals surface area contributed by atoms with Gasteiger partial charge < -0.3 is 20.1 Å². The number of nitrogens with one attached hydrogen (secondary N) is 1. The molecule has 0 bridgehead atoms. The number of ether oxygens (including phenoxy) is 1. The lowest BCUT2D eigenvalue weighted by Crippen LogP contribution is -2.57. The van der Waals surface area contributed by atoms with Crippen LogP contribution in [0, 0.1) is 0 Å². The number of carbonyl (C=O) groups is 2. The predicted octanol–water partition coefficient (Wildman–Crippen LogP) is 2.94. The molecular formula is C21H33N3O4. The molecule has 1 aliphatic rings. The molecule has 0 spiro atoms. The van der Waals surface area contributed by atoms with E-state index >= 15 is 0 Å². The molecular weight excluding hydrogens is 358 g/mol. The van der Waals surface area contributed by atoms with Crippen molar-refractivity contribution >= 4 is 12.0 Å². The highest BCUT2D eigenvalue weighted by Crippen LogP contribution is 2.26. The van der Waals surface area contributed by atoms with E-state index in [0.717, 1.165) is 24.2 Å². The van der Waals surface area contributed by atoms with Crippen molar-refractivity contribution in [2.45, 2.75) is 65.2 Å². The number of hydrogen-bond donors (Lipinski definition) is 2. The number of aliphatic carboxylic acids is 1. The Kier molecular flexibility index (Phi) is 8.11. The van der Waals surface area contributed by atoms with Crippen LogP contribution in [0.25, 0.3) is 0 Å². The molecule has 7 nitrogen and oxygen atoms in total. The van der Waals surface area contributed by atoms with Gasteiger partial charge in [-0.2, -0.15) is 0 Å². The van der Waals surface area contributed by atoms with E-state index in [1.54, 1.807) is 0 Å². The van der Waals surface area contributed by atoms with Gasteiger partial charge in [0.25, 0.3) is 0 Å². The Labute approximate surface area is 167 Å². The highest BCUT2D eigenvalue weighted by Gasteiger charge is 2.35. The van der Waals surface area contributed by atoms with Gasteiger partial charge in [0, 0.05) is 24.7 Å². The molecule has 1 fully saturated rings. The Morgan fingerprint density at radius 3 is 2.36 bits per heavy atom. The van der Waals surface area contributed by atoms with Gasteiger partial charge in [-0.05, 0) is 57.9 Å². The number of hydrogen-bond acceptors (Lipinski definition) is 4. The van der Waals surface area contributed by atoms with Gasteiger partial charge in [-0.3, -0.25) is 9.69 Å². The molecule has 2 N–H and O–H groups in total. The second-order valence-electron chi connectivity index (χ2n) is 7.53. The number of amides is 2. The molecule has 1 aromatic rings. The Bertz CT molecular complexity index is 642. The quantitative estimate of drug-likeness (QED) is 0.641. The molecule has 28 heavy (non-hydrogen) atoms. The first-order valence-corrected chi connectivity index (χ1v) is 10.1. The zero-order valence-corrected chi connectivity index (χ0v) is 17.4. The van der Waals surface area contributed by atoms with Crippen molar-refractivity contribution in [2.24, 2.45) is 0 Å². The van der Waals surface area contributed by atoms with E-state index in [1.807, 2.05) is 61.8 Å². The third kappa shape index (κ3) is 6.12. The molecule has 1 aliphatic carbocycles. The van der Waals surface area contributed by atoms with Gasteiger partial charge in [-0.15, -0.1) is 0 Å². The summed E-state index contributed by atoms with van der Waals surface area (Å²) in [6.45, 7) is 9.84. The van der Waals surface area contributed by atoms with E-state index in [-0.39, 0.29) is 30.7 Å². The van der Waals surface area contributed by atoms with Crippen molar-refractivity contribution in [2.75, 3.05) is 19.7 Å². The SMILES string of the molecule is CCOc1ccc(CN(C(=O)NC2CC(N(CC)CC(=O)O)C2)C(C)C)cc1. The number of rotatable bonds is 10. The van der Waals surface area contributed by atoms with Crippen molar-refractivity contribution in [3.63, 3.8) is 0 Å². The van der Waals surface area contributed by atoms with Gasteiger partial charge in [-0.25, -0.2) is 4.79 Å². The van der Waals surface area contributed by atoms with Gasteiger partial charge in [-0.1, -0.05) is 19.1 Å². The summed E-state index contributed by atoms with van der Waals surface area (Å²) < 4.78 is 5.46. The van der Waals surface area contributed by atoms with E-state index in [9.17, 15) is 9.59 Å². The van der Waals surface area contributed by atoms with Crippen LogP contribution in [0.5, 0.6) is 5.75 Å². The first kappa shape index (κ1) is 22.0. The van der Waals surface area contributed by atoms with E-state index in [1.165, 1.54) is 0 Å². The number of likely N-dealkylation sites (N-methyl/N-ethyl adjacent to an activating group) is 1. The average molecular weight is 392 g/mol. The topological polar surface area (TPSA) is 82.1 Å². The van der Waals surface area contributed by atoms with Crippen molar-refractivity contribution < 1.29 is 19.4 Å². The fraction of sp³-hybridized carbons (Fsp3) is 0.619. The predicted molar refractivity (Wildman–Crippen MR) is 109 cm³/mol. The summed E-state index contributed by atoms with van der Waals surface area (Å²) in [6.07, 6.45) is 1.59. The summed E-state index contributed by atoms with van der Waals surface area (Å²) >= 11 is 0. The smallest absolute Gasteiger partial charge is 0.318 e. The van der Waals surface area contributed by atoms with E-state index < -0.39 is 5.97 Å². The Hall–Kier alpha value is -2.28. The Morgan fingerprint density at radius 2 is 1.86 bits per heavy atom. The molecule has 1 saturated carbocycles. The molecule has 0 saturated heterocycles. The molecule has 0 aromatic heterocycles. The molecule has 0 heterocycles. The van der Waals surface area contributed by atoms with Crippen LogP contribution in [0.4, 0.5) is 4.79 Å². The summed E-state index contributed by atoms with van der Waals surface area (Å²) in [4.78, 5) is 27.5. The summed E-state index contributed by atoms with van der Waals surface area (Å²) in [5.74, 6) is 0.0184.